The number of hydrogen-bond donors (Lipinski definition) is 4. The fraction of sp³-hybridized carbons (Fsp3) is 0. The van der Waals surface area contributed by atoms with Crippen LogP contribution < -0.4 is 0 Å². The fourth-order valence-electron chi connectivity index (χ4n) is 0. The van der Waals surface area contributed by atoms with Gasteiger partial charge in [0.15, 0.2) is 0 Å². The van der Waals surface area contributed by atoms with E-state index >= 15 is 0 Å². The van der Waals surface area contributed by atoms with Gasteiger partial charge in [0.05, 0.1) is 0 Å². The molecule has 0 aliphatic heterocycles. The average molecular weight is 107 g/mol. The van der Waals surface area contributed by atoms with Crippen LogP contribution in [-0.2, 0) is 0 Å². The zero-order valence-electron chi connectivity index (χ0n) is 2.29. The van der Waals surface area contributed by atoms with Gasteiger partial charge in [-0.25, -0.2) is 0 Å². The van der Waals surface area contributed by atoms with E-state index < -0.39 is 9.05 Å². The molecule has 0 heterocycles. The first kappa shape index (κ1) is 9.52. The van der Waals surface area contributed by atoms with Crippen LogP contribution in [0.3, 0.4) is 0 Å². The number of rotatable bonds is 0. The van der Waals surface area contributed by atoms with Crippen LogP contribution in [0.5, 0.6) is 0 Å². The third-order valence-electron chi connectivity index (χ3n) is 0. The van der Waals surface area contributed by atoms with E-state index in [0.29, 0.717) is 0 Å². The minimum atomic E-state index is -4.61. The summed E-state index contributed by atoms with van der Waals surface area (Å²) in [6.07, 6.45) is 0. The molecule has 0 fully saturated rings. The van der Waals surface area contributed by atoms with Gasteiger partial charge in [-0.15, -0.1) is 0 Å². The van der Waals surface area contributed by atoms with Crippen molar-refractivity contribution in [2.24, 2.45) is 0 Å². The molecule has 36 valence electrons. The summed E-state index contributed by atoms with van der Waals surface area (Å²) in [4.78, 5) is 29.3. The van der Waals surface area contributed by atoms with Crippen molar-refractivity contribution in [3.8, 4) is 0 Å². The predicted octanol–water partition coefficient (Wildman–Crippen LogP) is -3.52. The monoisotopic (exact) mass is 107 g/mol. The molecule has 0 aromatic carbocycles. The predicted molar refractivity (Wildman–Crippen MR) is 23.2 cm³/mol. The Balaban J connectivity index is 0. The molecule has 0 unspecified atom stereocenters. The maximum absolute atomic E-state index is 7.33. The second-order valence-electron chi connectivity index (χ2n) is 0.600. The van der Waals surface area contributed by atoms with Gasteiger partial charge in [0, 0.05) is 0 Å². The van der Waals surface area contributed by atoms with Crippen LogP contribution in [0.25, 0.3) is 0 Å². The molecule has 0 aliphatic rings. The molecule has 0 aliphatic carbocycles. The van der Waals surface area contributed by atoms with Crippen molar-refractivity contribution in [2.45, 2.75) is 0 Å². The van der Waals surface area contributed by atoms with Gasteiger partial charge in [0.2, 0.25) is 0 Å². The van der Waals surface area contributed by atoms with Gasteiger partial charge < -0.3 is 19.2 Å². The molecule has 0 aromatic heterocycles. The van der Waals surface area contributed by atoms with Crippen LogP contribution in [0.1, 0.15) is 0 Å². The van der Waals surface area contributed by atoms with Crippen LogP contribution in [0.2, 0.25) is 0 Å². The Morgan fingerprint density at radius 1 is 0.833 bits per heavy atom. The van der Waals surface area contributed by atoms with E-state index in [1.54, 1.807) is 0 Å². The molecule has 4 nitrogen and oxygen atoms in total. The van der Waals surface area contributed by atoms with Crippen LogP contribution in [0.4, 0.5) is 0 Å². The topological polar surface area (TPSA) is 80.9 Å². The molecule has 0 saturated carbocycles. The summed E-state index contributed by atoms with van der Waals surface area (Å²) >= 11 is 0. The van der Waals surface area contributed by atoms with Gasteiger partial charge in [-0.2, -0.15) is 0 Å². The molecule has 0 saturated heterocycles. The molecule has 0 aromatic rings. The van der Waals surface area contributed by atoms with E-state index in [0.717, 1.165) is 0 Å². The first-order valence-corrected chi connectivity index (χ1v) is 2.68. The Labute approximate surface area is 39.4 Å². The summed E-state index contributed by atoms with van der Waals surface area (Å²) in [6, 6.07) is 0. The quantitative estimate of drug-likeness (QED) is 0.242. The van der Waals surface area contributed by atoms with Gasteiger partial charge in [0.1, 0.15) is 0 Å². The molecule has 0 bridgehead atoms. The van der Waals surface area contributed by atoms with Crippen LogP contribution in [0.15, 0.2) is 0 Å². The van der Waals surface area contributed by atoms with Crippen molar-refractivity contribution in [1.82, 2.24) is 0 Å². The second-order valence-corrected chi connectivity index (χ2v) is 1.80. The van der Waals surface area contributed by atoms with Gasteiger partial charge in [-0.05, 0) is 0 Å². The van der Waals surface area contributed by atoms with Crippen molar-refractivity contribution in [3.05, 3.63) is 0 Å². The molecule has 6 heteroatoms. The molecule has 0 rings (SSSR count). The molecular formula is H6BeO4Si. The van der Waals surface area contributed by atoms with E-state index in [1.165, 1.54) is 0 Å². The standard InChI is InChI=1S/Be.H4O4Si.2H/c;1-5(2,3)4;;/h;1-4H;;. The zero-order chi connectivity index (χ0) is 4.50. The van der Waals surface area contributed by atoms with Gasteiger partial charge in [-0.3, -0.25) is 0 Å². The minimum absolute atomic E-state index is 0. The summed E-state index contributed by atoms with van der Waals surface area (Å²) < 4.78 is 0. The molecule has 6 heavy (non-hydrogen) atoms. The van der Waals surface area contributed by atoms with E-state index in [4.69, 9.17) is 19.2 Å². The molecule has 0 amide bonds. The Bertz CT molecular complexity index is 23.0. The third kappa shape index (κ3) is 863. The normalized spacial score (nSPS) is 10.0. The van der Waals surface area contributed by atoms with Crippen LogP contribution in [-0.4, -0.2) is 38.4 Å². The van der Waals surface area contributed by atoms with Crippen molar-refractivity contribution in [3.63, 3.8) is 0 Å². The van der Waals surface area contributed by atoms with Crippen LogP contribution in [0, 0.1) is 0 Å². The summed E-state index contributed by atoms with van der Waals surface area (Å²) in [7, 11) is -4.61. The van der Waals surface area contributed by atoms with Gasteiger partial charge in [-0.1, -0.05) is 0 Å². The fourth-order valence-corrected chi connectivity index (χ4v) is 0. The summed E-state index contributed by atoms with van der Waals surface area (Å²) in [6.45, 7) is 0. The summed E-state index contributed by atoms with van der Waals surface area (Å²) in [5, 5.41) is 0. The SMILES string of the molecule is O[Si](O)(O)O.[BeH2]. The molecule has 4 N–H and O–H groups in total. The molecule has 0 radical (unpaired) electrons. The molecule has 0 atom stereocenters. The summed E-state index contributed by atoms with van der Waals surface area (Å²) in [5.74, 6) is 0. The Morgan fingerprint density at radius 3 is 0.833 bits per heavy atom. The zero-order valence-corrected chi connectivity index (χ0v) is 3.29. The van der Waals surface area contributed by atoms with Gasteiger partial charge >= 0.3 is 19.2 Å². The van der Waals surface area contributed by atoms with Crippen molar-refractivity contribution >= 4 is 19.2 Å². The molecular weight excluding hydrogens is 101 g/mol. The average Bonchev–Trinajstić information content (AvgIpc) is 0.722. The van der Waals surface area contributed by atoms with E-state index in [9.17, 15) is 0 Å². The van der Waals surface area contributed by atoms with E-state index in [1.807, 2.05) is 0 Å². The van der Waals surface area contributed by atoms with E-state index in [-0.39, 0.29) is 10.1 Å². The molecule has 0 spiro atoms. The Hall–Kier alpha value is 0.226. The van der Waals surface area contributed by atoms with Gasteiger partial charge in [0.25, 0.3) is 0 Å². The Morgan fingerprint density at radius 2 is 0.833 bits per heavy atom. The number of hydrogen-bond acceptors (Lipinski definition) is 4. The van der Waals surface area contributed by atoms with Crippen molar-refractivity contribution in [2.75, 3.05) is 0 Å². The van der Waals surface area contributed by atoms with Crippen molar-refractivity contribution < 1.29 is 19.2 Å². The Kier molecular flexibility index (Phi) is 3.82. The second kappa shape index (κ2) is 2.41. The summed E-state index contributed by atoms with van der Waals surface area (Å²) in [5.41, 5.74) is 0. The first-order chi connectivity index (χ1) is 2.00. The third-order valence-corrected chi connectivity index (χ3v) is 0. The van der Waals surface area contributed by atoms with Crippen LogP contribution >= 0.6 is 0 Å². The van der Waals surface area contributed by atoms with Crippen molar-refractivity contribution in [1.29, 1.82) is 0 Å². The maximum atomic E-state index is 7.33. The first-order valence-electron chi connectivity index (χ1n) is 0.894. The van der Waals surface area contributed by atoms with E-state index in [2.05, 4.69) is 0 Å².